The Labute approximate surface area is 127 Å². The number of nitrogens with one attached hydrogen (secondary N) is 1. The summed E-state index contributed by atoms with van der Waals surface area (Å²) in [5.41, 5.74) is -0.107. The molecule has 6 nitrogen and oxygen atoms in total. The molecule has 0 spiro atoms. The van der Waals surface area contributed by atoms with Crippen LogP contribution in [0.5, 0.6) is 0 Å². The molecule has 112 valence electrons. The first-order valence-electron chi connectivity index (χ1n) is 6.28. The van der Waals surface area contributed by atoms with Crippen LogP contribution in [0.3, 0.4) is 0 Å². The molecule has 0 bridgehead atoms. The lowest BCUT2D eigenvalue weighted by molar-refractivity contribution is 0.0977. The van der Waals surface area contributed by atoms with Crippen molar-refractivity contribution in [3.63, 3.8) is 0 Å². The molecule has 1 aromatic heterocycles. The number of carbonyl (C=O) groups excluding carboxylic acids is 1. The first-order valence-corrected chi connectivity index (χ1v) is 8.14. The standard InChI is InChI=1S/C13H14ClN3O3S/c1-2-8-17-9-15-11(12(17)14)13(18)16-21(19,20)10-6-4-3-5-7-10/h3-7,9H,2,8H2,1H3,(H,16,18). The quantitative estimate of drug-likeness (QED) is 0.911. The van der Waals surface area contributed by atoms with Gasteiger partial charge < -0.3 is 4.57 Å². The van der Waals surface area contributed by atoms with Crippen molar-refractivity contribution in [1.29, 1.82) is 0 Å². The van der Waals surface area contributed by atoms with Crippen LogP contribution in [-0.4, -0.2) is 23.9 Å². The van der Waals surface area contributed by atoms with Crippen molar-refractivity contribution in [3.8, 4) is 0 Å². The summed E-state index contributed by atoms with van der Waals surface area (Å²) in [7, 11) is -3.93. The molecule has 0 atom stereocenters. The van der Waals surface area contributed by atoms with Crippen LogP contribution in [0.4, 0.5) is 0 Å². The number of amides is 1. The third kappa shape index (κ3) is 3.43. The monoisotopic (exact) mass is 327 g/mol. The minimum Gasteiger partial charge on any atom is -0.321 e. The van der Waals surface area contributed by atoms with Gasteiger partial charge in [-0.25, -0.2) is 18.1 Å². The number of halogens is 1. The Morgan fingerprint density at radius 1 is 1.33 bits per heavy atom. The van der Waals surface area contributed by atoms with E-state index in [1.54, 1.807) is 22.8 Å². The van der Waals surface area contributed by atoms with Crippen molar-refractivity contribution in [3.05, 3.63) is 47.5 Å². The highest BCUT2D eigenvalue weighted by molar-refractivity contribution is 7.90. The number of aromatic nitrogens is 2. The summed E-state index contributed by atoms with van der Waals surface area (Å²) in [6.07, 6.45) is 2.23. The fourth-order valence-electron chi connectivity index (χ4n) is 1.75. The Hall–Kier alpha value is -1.86. The Morgan fingerprint density at radius 2 is 2.00 bits per heavy atom. The largest absolute Gasteiger partial charge is 0.321 e. The molecule has 0 saturated heterocycles. The van der Waals surface area contributed by atoms with E-state index < -0.39 is 15.9 Å². The van der Waals surface area contributed by atoms with E-state index in [2.05, 4.69) is 4.98 Å². The summed E-state index contributed by atoms with van der Waals surface area (Å²) in [6, 6.07) is 7.62. The van der Waals surface area contributed by atoms with Crippen LogP contribution in [0.2, 0.25) is 5.15 Å². The maximum atomic E-state index is 12.1. The zero-order valence-electron chi connectivity index (χ0n) is 11.3. The van der Waals surface area contributed by atoms with E-state index in [1.165, 1.54) is 18.5 Å². The lowest BCUT2D eigenvalue weighted by Gasteiger charge is -2.06. The lowest BCUT2D eigenvalue weighted by Crippen LogP contribution is -2.31. The third-order valence-corrected chi connectivity index (χ3v) is 4.48. The Morgan fingerprint density at radius 3 is 2.62 bits per heavy atom. The summed E-state index contributed by atoms with van der Waals surface area (Å²) in [5.74, 6) is -0.848. The molecule has 1 amide bonds. The normalized spacial score (nSPS) is 11.3. The van der Waals surface area contributed by atoms with Crippen LogP contribution in [0.25, 0.3) is 0 Å². The number of aryl methyl sites for hydroxylation is 1. The molecule has 2 rings (SSSR count). The van der Waals surface area contributed by atoms with Crippen LogP contribution in [0.15, 0.2) is 41.6 Å². The van der Waals surface area contributed by atoms with Gasteiger partial charge in [0.25, 0.3) is 15.9 Å². The lowest BCUT2D eigenvalue weighted by atomic mass is 10.4. The Bertz CT molecular complexity index is 741. The van der Waals surface area contributed by atoms with Gasteiger partial charge in [0, 0.05) is 6.54 Å². The Balaban J connectivity index is 2.22. The van der Waals surface area contributed by atoms with E-state index in [9.17, 15) is 13.2 Å². The molecule has 21 heavy (non-hydrogen) atoms. The van der Waals surface area contributed by atoms with Gasteiger partial charge in [-0.3, -0.25) is 4.79 Å². The highest BCUT2D eigenvalue weighted by Crippen LogP contribution is 2.16. The third-order valence-electron chi connectivity index (χ3n) is 2.73. The van der Waals surface area contributed by atoms with Crippen LogP contribution in [-0.2, 0) is 16.6 Å². The van der Waals surface area contributed by atoms with Crippen LogP contribution in [0.1, 0.15) is 23.8 Å². The van der Waals surface area contributed by atoms with E-state index in [-0.39, 0.29) is 15.7 Å². The van der Waals surface area contributed by atoms with Crippen LogP contribution >= 0.6 is 11.6 Å². The van der Waals surface area contributed by atoms with Gasteiger partial charge in [-0.1, -0.05) is 36.7 Å². The first kappa shape index (κ1) is 15.5. The van der Waals surface area contributed by atoms with Crippen molar-refractivity contribution in [1.82, 2.24) is 14.3 Å². The molecule has 8 heteroatoms. The highest BCUT2D eigenvalue weighted by atomic mass is 35.5. The van der Waals surface area contributed by atoms with E-state index in [0.29, 0.717) is 6.54 Å². The number of nitrogens with zero attached hydrogens (tertiary/aromatic N) is 2. The van der Waals surface area contributed by atoms with Gasteiger partial charge in [-0.15, -0.1) is 0 Å². The minimum atomic E-state index is -3.93. The van der Waals surface area contributed by atoms with Gasteiger partial charge in [0.2, 0.25) is 0 Å². The second-order valence-electron chi connectivity index (χ2n) is 4.33. The number of hydrogen-bond acceptors (Lipinski definition) is 4. The molecule has 0 unspecified atom stereocenters. The predicted octanol–water partition coefficient (Wildman–Crippen LogP) is 2.07. The molecule has 2 aromatic rings. The smallest absolute Gasteiger partial charge is 0.286 e. The topological polar surface area (TPSA) is 81.1 Å². The number of rotatable bonds is 5. The summed E-state index contributed by atoms with van der Waals surface area (Å²) in [5, 5.41) is 0.123. The average molecular weight is 328 g/mol. The van der Waals surface area contributed by atoms with Gasteiger partial charge in [0.1, 0.15) is 5.15 Å². The van der Waals surface area contributed by atoms with E-state index in [4.69, 9.17) is 11.6 Å². The highest BCUT2D eigenvalue weighted by Gasteiger charge is 2.22. The van der Waals surface area contributed by atoms with Gasteiger partial charge >= 0.3 is 0 Å². The zero-order chi connectivity index (χ0) is 15.5. The average Bonchev–Trinajstić information content (AvgIpc) is 2.81. The number of sulfonamides is 1. The van der Waals surface area contributed by atoms with Crippen molar-refractivity contribution in [2.45, 2.75) is 24.8 Å². The fraction of sp³-hybridized carbons (Fsp3) is 0.231. The van der Waals surface area contributed by atoms with Gasteiger partial charge in [0.15, 0.2) is 5.69 Å². The number of imidazole rings is 1. The molecule has 1 N–H and O–H groups in total. The van der Waals surface area contributed by atoms with Crippen molar-refractivity contribution in [2.24, 2.45) is 0 Å². The zero-order valence-corrected chi connectivity index (χ0v) is 12.9. The molecular weight excluding hydrogens is 314 g/mol. The summed E-state index contributed by atoms with van der Waals surface area (Å²) in [6.45, 7) is 2.56. The number of hydrogen-bond donors (Lipinski definition) is 1. The van der Waals surface area contributed by atoms with E-state index in [1.807, 2.05) is 11.6 Å². The predicted molar refractivity (Wildman–Crippen MR) is 78.6 cm³/mol. The second kappa shape index (κ2) is 6.28. The second-order valence-corrected chi connectivity index (χ2v) is 6.37. The van der Waals surface area contributed by atoms with Crippen molar-refractivity contribution < 1.29 is 13.2 Å². The fourth-order valence-corrected chi connectivity index (χ4v) is 2.98. The molecular formula is C13H14ClN3O3S. The van der Waals surface area contributed by atoms with Gasteiger partial charge in [-0.05, 0) is 18.6 Å². The van der Waals surface area contributed by atoms with Gasteiger partial charge in [0.05, 0.1) is 11.2 Å². The first-order chi connectivity index (χ1) is 9.95. The maximum Gasteiger partial charge on any atom is 0.286 e. The number of benzene rings is 1. The van der Waals surface area contributed by atoms with Crippen LogP contribution in [0, 0.1) is 0 Å². The summed E-state index contributed by atoms with van der Waals surface area (Å²) < 4.78 is 27.6. The SMILES string of the molecule is CCCn1cnc(C(=O)NS(=O)(=O)c2ccccc2)c1Cl. The molecule has 0 aliphatic rings. The molecule has 0 fully saturated rings. The van der Waals surface area contributed by atoms with E-state index in [0.717, 1.165) is 6.42 Å². The summed E-state index contributed by atoms with van der Waals surface area (Å²) >= 11 is 6.02. The Kier molecular flexibility index (Phi) is 4.64. The van der Waals surface area contributed by atoms with Crippen molar-refractivity contribution >= 4 is 27.5 Å². The molecule has 0 radical (unpaired) electrons. The minimum absolute atomic E-state index is 0.00228. The maximum absolute atomic E-state index is 12.1. The molecule has 0 aliphatic carbocycles. The molecule has 0 aliphatic heterocycles. The van der Waals surface area contributed by atoms with Crippen molar-refractivity contribution in [2.75, 3.05) is 0 Å². The van der Waals surface area contributed by atoms with Crippen LogP contribution < -0.4 is 4.72 Å². The number of carbonyl (C=O) groups is 1. The molecule has 0 saturated carbocycles. The molecule has 1 heterocycles. The van der Waals surface area contributed by atoms with Gasteiger partial charge in [-0.2, -0.15) is 0 Å². The molecule has 1 aromatic carbocycles. The van der Waals surface area contributed by atoms with E-state index >= 15 is 0 Å². The summed E-state index contributed by atoms with van der Waals surface area (Å²) in [4.78, 5) is 15.9.